The number of nitriles is 1. The van der Waals surface area contributed by atoms with E-state index in [1.807, 2.05) is 37.4 Å². The van der Waals surface area contributed by atoms with Crippen LogP contribution in [0.5, 0.6) is 0 Å². The van der Waals surface area contributed by atoms with Crippen molar-refractivity contribution >= 4 is 27.7 Å². The van der Waals surface area contributed by atoms with Crippen LogP contribution in [-0.2, 0) is 0 Å². The van der Waals surface area contributed by atoms with E-state index in [1.165, 1.54) is 0 Å². The topological polar surface area (TPSA) is 115 Å². The quantitative estimate of drug-likeness (QED) is 0.412. The number of aromatic nitrogens is 5. The van der Waals surface area contributed by atoms with Crippen molar-refractivity contribution < 1.29 is 5.11 Å². The predicted molar refractivity (Wildman–Crippen MR) is 137 cm³/mol. The number of aliphatic hydroxyl groups is 1. The van der Waals surface area contributed by atoms with E-state index in [1.54, 1.807) is 22.0 Å². The monoisotopic (exact) mass is 488 g/mol. The minimum absolute atomic E-state index is 0.213. The third-order valence-electron chi connectivity index (χ3n) is 6.51. The van der Waals surface area contributed by atoms with Crippen LogP contribution in [-0.4, -0.2) is 54.6 Å². The number of hydrogen-bond donors (Lipinski definition) is 2. The molecular formula is C25H28N8OS. The van der Waals surface area contributed by atoms with Crippen molar-refractivity contribution in [2.75, 3.05) is 23.3 Å². The fourth-order valence-electron chi connectivity index (χ4n) is 4.37. The van der Waals surface area contributed by atoms with Crippen molar-refractivity contribution in [1.82, 2.24) is 24.8 Å². The van der Waals surface area contributed by atoms with Gasteiger partial charge < -0.3 is 15.3 Å². The van der Waals surface area contributed by atoms with Gasteiger partial charge in [0.1, 0.15) is 6.07 Å². The average Bonchev–Trinajstić information content (AvgIpc) is 3.51. The van der Waals surface area contributed by atoms with Gasteiger partial charge in [-0.05, 0) is 57.4 Å². The lowest BCUT2D eigenvalue weighted by atomic mass is 9.89. The molecule has 0 radical (unpaired) electrons. The van der Waals surface area contributed by atoms with Crippen LogP contribution in [0.4, 0.5) is 10.8 Å². The Kier molecular flexibility index (Phi) is 6.13. The van der Waals surface area contributed by atoms with E-state index in [0.717, 1.165) is 70.6 Å². The zero-order valence-electron chi connectivity index (χ0n) is 20.1. The molecule has 0 saturated carbocycles. The van der Waals surface area contributed by atoms with E-state index in [-0.39, 0.29) is 6.04 Å². The third-order valence-corrected chi connectivity index (χ3v) is 7.52. The molecule has 1 fully saturated rings. The zero-order valence-corrected chi connectivity index (χ0v) is 20.9. The summed E-state index contributed by atoms with van der Waals surface area (Å²) in [5.41, 5.74) is 4.24. The number of nitrogens with zero attached hydrogens (tertiary/aromatic N) is 7. The minimum Gasteiger partial charge on any atom is -0.390 e. The smallest absolute Gasteiger partial charge is 0.208 e. The van der Waals surface area contributed by atoms with Crippen molar-refractivity contribution in [3.05, 3.63) is 42.2 Å². The lowest BCUT2D eigenvalue weighted by Crippen LogP contribution is -2.44. The fourth-order valence-corrected chi connectivity index (χ4v) is 5.29. The summed E-state index contributed by atoms with van der Waals surface area (Å²) in [7, 11) is 0. The van der Waals surface area contributed by atoms with Crippen LogP contribution in [0.3, 0.4) is 0 Å². The summed E-state index contributed by atoms with van der Waals surface area (Å²) < 4.78 is 1.79. The van der Waals surface area contributed by atoms with Gasteiger partial charge in [0.05, 0.1) is 39.8 Å². The predicted octanol–water partition coefficient (Wildman–Crippen LogP) is 4.35. The molecule has 5 rings (SSSR count). The Hall–Kier alpha value is -3.55. The Morgan fingerprint density at radius 1 is 1.20 bits per heavy atom. The van der Waals surface area contributed by atoms with Crippen LogP contribution < -0.4 is 10.2 Å². The molecule has 0 unspecified atom stereocenters. The van der Waals surface area contributed by atoms with Crippen LogP contribution in [0.25, 0.3) is 27.5 Å². The molecule has 0 spiro atoms. The normalized spacial score (nSPS) is 15.5. The molecule has 0 amide bonds. The fraction of sp³-hybridized carbons (Fsp3) is 0.400. The maximum absolute atomic E-state index is 10.5. The first-order chi connectivity index (χ1) is 16.9. The number of nitrogens with one attached hydrogen (secondary N) is 1. The van der Waals surface area contributed by atoms with Gasteiger partial charge in [-0.1, -0.05) is 18.3 Å². The first kappa shape index (κ1) is 23.2. The highest BCUT2D eigenvalue weighted by molar-refractivity contribution is 7.18. The summed E-state index contributed by atoms with van der Waals surface area (Å²) in [4.78, 5) is 6.94. The molecule has 9 nitrogen and oxygen atoms in total. The standard InChI is InChI=1S/C25H28N8OS/c1-4-25(34)7-9-32(10-8-25)24-31-30-23(35-24)19-15-27-21(12-20(19)29-16(2)3)22-6-5-18-11-17(13-26)14-28-33(18)22/h5-6,11-12,14-16,34H,4,7-10H2,1-3H3,(H,27,29). The summed E-state index contributed by atoms with van der Waals surface area (Å²) in [5, 5.41) is 38.3. The summed E-state index contributed by atoms with van der Waals surface area (Å²) in [5.74, 6) is 0. The molecule has 1 aliphatic heterocycles. The van der Waals surface area contributed by atoms with Gasteiger partial charge in [-0.3, -0.25) is 4.98 Å². The zero-order chi connectivity index (χ0) is 24.6. The van der Waals surface area contributed by atoms with Gasteiger partial charge in [0.2, 0.25) is 5.13 Å². The summed E-state index contributed by atoms with van der Waals surface area (Å²) in [6.45, 7) is 7.77. The van der Waals surface area contributed by atoms with Gasteiger partial charge in [-0.2, -0.15) is 10.4 Å². The van der Waals surface area contributed by atoms with Crippen LogP contribution in [0, 0.1) is 11.3 Å². The number of pyridine rings is 1. The highest BCUT2D eigenvalue weighted by Crippen LogP contribution is 2.37. The number of piperidine rings is 1. The molecule has 0 aromatic carbocycles. The molecule has 1 saturated heterocycles. The molecule has 1 aliphatic rings. The molecule has 4 aromatic heterocycles. The molecule has 0 bridgehead atoms. The molecule has 5 heterocycles. The Labute approximate surface area is 208 Å². The lowest BCUT2D eigenvalue weighted by molar-refractivity contribution is 0.0125. The highest BCUT2D eigenvalue weighted by atomic mass is 32.1. The van der Waals surface area contributed by atoms with Crippen molar-refractivity contribution in [1.29, 1.82) is 5.26 Å². The van der Waals surface area contributed by atoms with E-state index < -0.39 is 5.60 Å². The van der Waals surface area contributed by atoms with Gasteiger partial charge >= 0.3 is 0 Å². The second-order valence-corrected chi connectivity index (χ2v) is 10.2. The number of fused-ring (bicyclic) bond motifs is 1. The van der Waals surface area contributed by atoms with Gasteiger partial charge in [0.15, 0.2) is 5.01 Å². The Morgan fingerprint density at radius 2 is 2.00 bits per heavy atom. The Bertz CT molecular complexity index is 1390. The minimum atomic E-state index is -0.563. The highest BCUT2D eigenvalue weighted by Gasteiger charge is 2.31. The molecular weight excluding hydrogens is 460 g/mol. The Balaban J connectivity index is 1.46. The van der Waals surface area contributed by atoms with Crippen LogP contribution in [0.2, 0.25) is 0 Å². The van der Waals surface area contributed by atoms with Crippen molar-refractivity contribution in [3.8, 4) is 28.0 Å². The van der Waals surface area contributed by atoms with Crippen LogP contribution in [0.1, 0.15) is 45.6 Å². The second kappa shape index (κ2) is 9.24. The van der Waals surface area contributed by atoms with Crippen LogP contribution in [0.15, 0.2) is 36.7 Å². The van der Waals surface area contributed by atoms with Crippen LogP contribution >= 0.6 is 11.3 Å². The van der Waals surface area contributed by atoms with Gasteiger partial charge in [0, 0.05) is 31.0 Å². The second-order valence-electron chi connectivity index (χ2n) is 9.28. The number of anilines is 2. The average molecular weight is 489 g/mol. The molecule has 0 aliphatic carbocycles. The largest absolute Gasteiger partial charge is 0.390 e. The van der Waals surface area contributed by atoms with Gasteiger partial charge in [-0.15, -0.1) is 10.2 Å². The first-order valence-corrected chi connectivity index (χ1v) is 12.7. The van der Waals surface area contributed by atoms with E-state index in [9.17, 15) is 5.11 Å². The lowest BCUT2D eigenvalue weighted by Gasteiger charge is -2.37. The number of rotatable bonds is 6. The maximum atomic E-state index is 10.5. The maximum Gasteiger partial charge on any atom is 0.208 e. The number of hydrogen-bond acceptors (Lipinski definition) is 9. The molecule has 10 heteroatoms. The molecule has 0 atom stereocenters. The molecule has 4 aromatic rings. The molecule has 35 heavy (non-hydrogen) atoms. The van der Waals surface area contributed by atoms with E-state index >= 15 is 0 Å². The van der Waals surface area contributed by atoms with E-state index in [0.29, 0.717) is 5.56 Å². The first-order valence-electron chi connectivity index (χ1n) is 11.8. The van der Waals surface area contributed by atoms with Crippen molar-refractivity contribution in [3.63, 3.8) is 0 Å². The van der Waals surface area contributed by atoms with Gasteiger partial charge in [0.25, 0.3) is 0 Å². The van der Waals surface area contributed by atoms with E-state index in [2.05, 4.69) is 45.4 Å². The van der Waals surface area contributed by atoms with Crippen molar-refractivity contribution in [2.45, 2.75) is 51.7 Å². The Morgan fingerprint density at radius 3 is 2.71 bits per heavy atom. The summed E-state index contributed by atoms with van der Waals surface area (Å²) in [6.07, 6.45) is 5.65. The summed E-state index contributed by atoms with van der Waals surface area (Å²) >= 11 is 1.55. The summed E-state index contributed by atoms with van der Waals surface area (Å²) in [6, 6.07) is 10.1. The van der Waals surface area contributed by atoms with Gasteiger partial charge in [-0.25, -0.2) is 4.52 Å². The van der Waals surface area contributed by atoms with Crippen molar-refractivity contribution in [2.24, 2.45) is 0 Å². The SMILES string of the molecule is CCC1(O)CCN(c2nnc(-c3cnc(-c4ccc5cc(C#N)cnn45)cc3NC(C)C)s2)CC1. The molecule has 180 valence electrons. The van der Waals surface area contributed by atoms with E-state index in [4.69, 9.17) is 10.2 Å². The molecule has 2 N–H and O–H groups in total. The third kappa shape index (κ3) is 4.57.